The monoisotopic (exact) mass is 1480 g/mol. The second kappa shape index (κ2) is 38.4. The number of likely N-dealkylation sites (N-methyl/N-ethyl adjacent to an activating group) is 7. The highest BCUT2D eigenvalue weighted by molar-refractivity contribution is 6.31. The number of amides is 12. The Balaban J connectivity index is 1.30. The van der Waals surface area contributed by atoms with E-state index < -0.39 is 173 Å². The van der Waals surface area contributed by atoms with Crippen LogP contribution in [-0.2, 0) is 74.9 Å². The molecule has 3 aliphatic heterocycles. The summed E-state index contributed by atoms with van der Waals surface area (Å²) < 4.78 is 47.8. The molecule has 3 aliphatic carbocycles. The van der Waals surface area contributed by atoms with Crippen molar-refractivity contribution in [2.24, 2.45) is 23.7 Å². The van der Waals surface area contributed by atoms with Crippen molar-refractivity contribution in [1.82, 2.24) is 60.0 Å². The lowest BCUT2D eigenvalue weighted by molar-refractivity contribution is -0.157. The van der Waals surface area contributed by atoms with Gasteiger partial charge in [-0.05, 0) is 125 Å². The Morgan fingerprint density at radius 2 is 1.24 bits per heavy atom. The number of nitrogens with zero attached hydrogens (tertiary/aromatic N) is 9. The largest absolute Gasteiger partial charge is 0.417 e. The van der Waals surface area contributed by atoms with Crippen LogP contribution < -0.4 is 16.0 Å². The molecule has 3 saturated heterocycles. The Bertz CT molecular complexity index is 3190. The fraction of sp³-hybridized carbons (Fsp3) is 0.760. The summed E-state index contributed by atoms with van der Waals surface area (Å²) in [7, 11) is 9.94. The molecule has 12 amide bonds. The van der Waals surface area contributed by atoms with E-state index in [-0.39, 0.29) is 70.1 Å². The van der Waals surface area contributed by atoms with Gasteiger partial charge >= 0.3 is 6.18 Å². The average molecular weight is 1490 g/mol. The van der Waals surface area contributed by atoms with Gasteiger partial charge in [0.1, 0.15) is 47.8 Å². The smallest absolute Gasteiger partial charge is 0.379 e. The van der Waals surface area contributed by atoms with E-state index in [1.165, 1.54) is 79.9 Å². The van der Waals surface area contributed by atoms with Crippen LogP contribution in [0.1, 0.15) is 193 Å². The quantitative estimate of drug-likeness (QED) is 0.169. The zero-order valence-corrected chi connectivity index (χ0v) is 64.0. The lowest BCUT2D eigenvalue weighted by atomic mass is 9.81. The molecule has 1 aromatic rings. The first-order valence-electron chi connectivity index (χ1n) is 37.9. The van der Waals surface area contributed by atoms with E-state index in [0.29, 0.717) is 76.4 Å². The highest BCUT2D eigenvalue weighted by Crippen LogP contribution is 2.39. The van der Waals surface area contributed by atoms with Crippen molar-refractivity contribution in [1.29, 1.82) is 0 Å². The molecule has 582 valence electrons. The summed E-state index contributed by atoms with van der Waals surface area (Å²) in [5.74, 6) is -8.64. The van der Waals surface area contributed by atoms with Crippen LogP contribution >= 0.6 is 11.6 Å². The highest BCUT2D eigenvalue weighted by atomic mass is 35.5. The molecule has 8 atom stereocenters. The molecule has 25 nitrogen and oxygen atoms in total. The Labute approximate surface area is 617 Å². The molecule has 0 radical (unpaired) electrons. The first kappa shape index (κ1) is 84.2. The predicted molar refractivity (Wildman–Crippen MR) is 384 cm³/mol. The number of halogens is 4. The van der Waals surface area contributed by atoms with Crippen LogP contribution in [0.15, 0.2) is 18.2 Å². The number of alkyl halides is 3. The molecule has 1 aromatic carbocycles. The van der Waals surface area contributed by atoms with E-state index in [1.54, 1.807) is 11.8 Å². The number of nitrogens with one attached hydrogen (secondary N) is 3. The van der Waals surface area contributed by atoms with Crippen molar-refractivity contribution in [2.75, 3.05) is 102 Å². The van der Waals surface area contributed by atoms with Gasteiger partial charge in [0.2, 0.25) is 70.9 Å². The Kier molecular flexibility index (Phi) is 31.1. The minimum atomic E-state index is -4.76. The predicted octanol–water partition coefficient (Wildman–Crippen LogP) is 6.44. The molecule has 6 aliphatic rings. The van der Waals surface area contributed by atoms with Crippen LogP contribution in [0.3, 0.4) is 0 Å². The highest BCUT2D eigenvalue weighted by Gasteiger charge is 2.52. The lowest BCUT2D eigenvalue weighted by Crippen LogP contribution is -2.65. The number of fused-ring (bicyclic) bond motifs is 1. The molecule has 3 heterocycles. The van der Waals surface area contributed by atoms with Crippen molar-refractivity contribution in [3.63, 3.8) is 0 Å². The molecular formula is C75H116ClF3N12O13. The normalized spacial score (nSPS) is 26.4. The number of piperidine rings is 1. The third kappa shape index (κ3) is 21.8. The van der Waals surface area contributed by atoms with Crippen LogP contribution in [0.25, 0.3) is 0 Å². The number of rotatable bonds is 14. The lowest BCUT2D eigenvalue weighted by Gasteiger charge is -2.43. The van der Waals surface area contributed by atoms with Crippen molar-refractivity contribution in [2.45, 2.75) is 242 Å². The van der Waals surface area contributed by atoms with Crippen molar-refractivity contribution in [3.8, 4) is 0 Å². The van der Waals surface area contributed by atoms with Gasteiger partial charge in [-0.2, -0.15) is 13.2 Å². The van der Waals surface area contributed by atoms with Crippen LogP contribution in [0.2, 0.25) is 5.02 Å². The molecule has 0 bridgehead atoms. The summed E-state index contributed by atoms with van der Waals surface area (Å²) in [6, 6.07) is -5.85. The van der Waals surface area contributed by atoms with E-state index in [4.69, 9.17) is 16.3 Å². The van der Waals surface area contributed by atoms with E-state index in [9.17, 15) is 37.1 Å². The summed E-state index contributed by atoms with van der Waals surface area (Å²) in [4.78, 5) is 192. The summed E-state index contributed by atoms with van der Waals surface area (Å²) in [5, 5.41) is 8.16. The topological polar surface area (TPSA) is 279 Å². The molecule has 29 heteroatoms. The van der Waals surface area contributed by atoms with Crippen molar-refractivity contribution < 1.29 is 75.4 Å². The van der Waals surface area contributed by atoms with Crippen molar-refractivity contribution in [3.05, 3.63) is 34.3 Å². The van der Waals surface area contributed by atoms with Gasteiger partial charge in [0, 0.05) is 75.6 Å². The van der Waals surface area contributed by atoms with Gasteiger partial charge in [-0.25, -0.2) is 0 Å². The Hall–Kier alpha value is -7.10. The van der Waals surface area contributed by atoms with Gasteiger partial charge in [-0.3, -0.25) is 57.5 Å². The number of likely N-dealkylation sites (tertiary alicyclic amines) is 1. The van der Waals surface area contributed by atoms with Crippen molar-refractivity contribution >= 4 is 82.5 Å². The number of carbonyl (C=O) groups is 12. The zero-order valence-electron chi connectivity index (χ0n) is 63.3. The number of benzene rings is 1. The third-order valence-corrected chi connectivity index (χ3v) is 23.1. The number of aryl methyl sites for hydroxylation is 1. The van der Waals surface area contributed by atoms with E-state index >= 15 is 33.6 Å². The Morgan fingerprint density at radius 3 is 1.86 bits per heavy atom. The van der Waals surface area contributed by atoms with Crippen LogP contribution in [0.5, 0.6) is 0 Å². The number of ether oxygens (including phenoxy) is 1. The second-order valence-electron chi connectivity index (χ2n) is 30.8. The first-order valence-corrected chi connectivity index (χ1v) is 38.3. The summed E-state index contributed by atoms with van der Waals surface area (Å²) in [5.41, 5.74) is -2.35. The SMILES string of the molecule is CC[C@H](C)[C@@H]1NC(=O)[C@H](COCCC(C)C)N(C)C(=O)C[C@@H](C(=O)N2CCCCC2)N(C)C(=O)[C@H](C2CCCCC2)N(C)C(=O)C2(CCCC2)NC(=O)[C@@H]2CCCN2C(=O)[C@H](CCc2ccc(C(F)(F)F)c(Cl)c2)NC(=O)CN(C)C(=O)[C@H](CC2CCCCC2)N(C)C(=O)CN(C)C(=O)CN(C)C1=O. The van der Waals surface area contributed by atoms with Gasteiger partial charge in [-0.15, -0.1) is 0 Å². The van der Waals surface area contributed by atoms with E-state index in [1.807, 2.05) is 20.8 Å². The third-order valence-electron chi connectivity index (χ3n) is 22.8. The van der Waals surface area contributed by atoms with Crippen LogP contribution in [0, 0.1) is 23.7 Å². The minimum Gasteiger partial charge on any atom is -0.379 e. The molecule has 104 heavy (non-hydrogen) atoms. The number of hydrogen-bond donors (Lipinski definition) is 3. The maximum Gasteiger partial charge on any atom is 0.417 e. The summed E-state index contributed by atoms with van der Waals surface area (Å²) in [6.45, 7) is 6.51. The summed E-state index contributed by atoms with van der Waals surface area (Å²) in [6.07, 6.45) is 7.34. The maximum atomic E-state index is 15.9. The van der Waals surface area contributed by atoms with Gasteiger partial charge in [0.15, 0.2) is 0 Å². The number of hydrogen-bond acceptors (Lipinski definition) is 13. The molecular weight excluding hydrogens is 1370 g/mol. The Morgan fingerprint density at radius 1 is 0.635 bits per heavy atom. The van der Waals surface area contributed by atoms with Gasteiger partial charge in [-0.1, -0.05) is 116 Å². The van der Waals surface area contributed by atoms with Gasteiger partial charge < -0.3 is 64.8 Å². The second-order valence-corrected chi connectivity index (χ2v) is 31.2. The number of carbonyl (C=O) groups excluding carboxylic acids is 12. The zero-order chi connectivity index (χ0) is 76.5. The maximum absolute atomic E-state index is 15.9. The summed E-state index contributed by atoms with van der Waals surface area (Å²) >= 11 is 6.17. The van der Waals surface area contributed by atoms with Gasteiger partial charge in [0.05, 0.1) is 43.2 Å². The molecule has 6 fully saturated rings. The van der Waals surface area contributed by atoms with Crippen LogP contribution in [-0.4, -0.2) is 265 Å². The van der Waals surface area contributed by atoms with E-state index in [2.05, 4.69) is 16.0 Å². The first-order chi connectivity index (χ1) is 49.2. The molecule has 0 unspecified atom stereocenters. The molecule has 7 rings (SSSR count). The fourth-order valence-electron chi connectivity index (χ4n) is 15.8. The van der Waals surface area contributed by atoms with Crippen LogP contribution in [0.4, 0.5) is 13.2 Å². The van der Waals surface area contributed by atoms with Gasteiger partial charge in [0.25, 0.3) is 0 Å². The molecule has 0 aromatic heterocycles. The fourth-order valence-corrected chi connectivity index (χ4v) is 16.1. The molecule has 1 spiro atoms. The van der Waals surface area contributed by atoms with E-state index in [0.717, 1.165) is 84.6 Å². The molecule has 3 saturated carbocycles. The standard InChI is InChI=1S/C75H116ClF3N12O13/c1-12-49(4)64-71(101)85(7)45-62(94)83(5)46-63(95)86(8)57(42-50-25-16-13-17-26-50)69(99)84(6)44-60(92)80-55(33-31-51-30-32-53(54(76)41-51)75(77,78)79)68(98)91-39-24-29-56(91)67(97)82-74(35-20-21-36-74)73(103)89(11)65(52-27-18-14-19-28-52)72(102)88(10)58(70(100)90-37-22-15-23-38-90)43-61(93)87(9)59(66(96)81-64)47-104-40-34-48(2)3/h30,32,41,48-50,52,55-59,64-65H,12-29,31,33-40,42-47H2,1-11H3,(H,80,92)(H,81,96)(H,82,97)/t49-,55-,56-,57-,58-,59-,64-,65-/m0/s1. The minimum absolute atomic E-state index is 0.0125. The molecule has 3 N–H and O–H groups in total. The average Bonchev–Trinajstić information content (AvgIpc) is 1.44.